The normalized spacial score (nSPS) is 16.6. The number of nitrogens with one attached hydrogen (secondary N) is 1. The predicted octanol–water partition coefficient (Wildman–Crippen LogP) is 3.67. The molecular weight excluding hydrogens is 336 g/mol. The number of nitrogens with zero attached hydrogens (tertiary/aromatic N) is 1. The molecule has 1 fully saturated rings. The molecule has 0 spiro atoms. The summed E-state index contributed by atoms with van der Waals surface area (Å²) in [5, 5.41) is 3.38. The van der Waals surface area contributed by atoms with Crippen LogP contribution in [0.25, 0.3) is 0 Å². The molecule has 1 aliphatic rings. The molecule has 1 aliphatic heterocycles. The first-order valence-corrected chi connectivity index (χ1v) is 8.87. The van der Waals surface area contributed by atoms with E-state index in [4.69, 9.17) is 0 Å². The minimum atomic E-state index is 0.178. The van der Waals surface area contributed by atoms with Gasteiger partial charge in [0.25, 0.3) is 5.91 Å². The van der Waals surface area contributed by atoms with Crippen LogP contribution >= 0.6 is 27.3 Å². The molecule has 1 N–H and O–H groups in total. The van der Waals surface area contributed by atoms with Crippen molar-refractivity contribution in [2.24, 2.45) is 5.92 Å². The van der Waals surface area contributed by atoms with Gasteiger partial charge in [-0.25, -0.2) is 0 Å². The van der Waals surface area contributed by atoms with Crippen LogP contribution in [-0.4, -0.2) is 36.5 Å². The third-order valence-electron chi connectivity index (χ3n) is 3.87. The Kier molecular flexibility index (Phi) is 5.64. The van der Waals surface area contributed by atoms with Crippen LogP contribution in [0.1, 0.15) is 41.9 Å². The van der Waals surface area contributed by atoms with Crippen molar-refractivity contribution in [1.29, 1.82) is 0 Å². The number of hydrogen-bond donors (Lipinski definition) is 1. The average molecular weight is 359 g/mol. The average Bonchev–Trinajstić information content (AvgIpc) is 2.76. The van der Waals surface area contributed by atoms with Gasteiger partial charge in [0.15, 0.2) is 0 Å². The van der Waals surface area contributed by atoms with Gasteiger partial charge in [-0.15, -0.1) is 11.3 Å². The summed E-state index contributed by atoms with van der Waals surface area (Å²) in [5.41, 5.74) is 1.14. The van der Waals surface area contributed by atoms with Crippen molar-refractivity contribution >= 4 is 33.2 Å². The highest BCUT2D eigenvalue weighted by atomic mass is 79.9. The van der Waals surface area contributed by atoms with E-state index in [-0.39, 0.29) is 11.9 Å². The number of piperidine rings is 1. The molecule has 1 aromatic rings. The van der Waals surface area contributed by atoms with Crippen molar-refractivity contribution in [3.63, 3.8) is 0 Å². The lowest BCUT2D eigenvalue weighted by Gasteiger charge is -2.32. The van der Waals surface area contributed by atoms with Gasteiger partial charge in [0.05, 0.1) is 8.66 Å². The molecule has 0 radical (unpaired) electrons. The minimum absolute atomic E-state index is 0.178. The zero-order valence-electron chi connectivity index (χ0n) is 12.4. The smallest absolute Gasteiger partial charge is 0.264 e. The standard InChI is InChI=1S/C15H23BrN2OS/c1-10(2)18(9-12-4-6-17-7-5-12)15(19)13-8-11(3)14(16)20-13/h8,10,12,17H,4-7,9H2,1-3H3. The number of aryl methyl sites for hydroxylation is 1. The van der Waals surface area contributed by atoms with Gasteiger partial charge in [-0.1, -0.05) is 0 Å². The number of carbonyl (C=O) groups is 1. The molecule has 1 amide bonds. The SMILES string of the molecule is Cc1cc(C(=O)N(CC2CCNCC2)C(C)C)sc1Br. The van der Waals surface area contributed by atoms with Crippen molar-refractivity contribution in [1.82, 2.24) is 10.2 Å². The number of amides is 1. The topological polar surface area (TPSA) is 32.3 Å². The minimum Gasteiger partial charge on any atom is -0.335 e. The van der Waals surface area contributed by atoms with Crippen molar-refractivity contribution in [3.05, 3.63) is 20.3 Å². The van der Waals surface area contributed by atoms with Gasteiger partial charge in [0.1, 0.15) is 0 Å². The van der Waals surface area contributed by atoms with E-state index in [0.717, 1.165) is 33.9 Å². The van der Waals surface area contributed by atoms with Gasteiger partial charge in [-0.2, -0.15) is 0 Å². The molecule has 0 aliphatic carbocycles. The zero-order chi connectivity index (χ0) is 14.7. The lowest BCUT2D eigenvalue weighted by Crippen LogP contribution is -2.42. The van der Waals surface area contributed by atoms with Crippen LogP contribution in [-0.2, 0) is 0 Å². The Labute approximate surface area is 133 Å². The van der Waals surface area contributed by atoms with E-state index in [0.29, 0.717) is 5.92 Å². The molecule has 0 atom stereocenters. The van der Waals surface area contributed by atoms with E-state index in [1.54, 1.807) is 11.3 Å². The molecule has 0 saturated carbocycles. The third-order valence-corrected chi connectivity index (χ3v) is 5.99. The molecule has 1 saturated heterocycles. The second-order valence-corrected chi connectivity index (χ2v) is 8.18. The largest absolute Gasteiger partial charge is 0.335 e. The Morgan fingerprint density at radius 3 is 2.65 bits per heavy atom. The Hall–Kier alpha value is -0.390. The fourth-order valence-corrected chi connectivity index (χ4v) is 4.07. The van der Waals surface area contributed by atoms with Gasteiger partial charge in [0, 0.05) is 12.6 Å². The maximum Gasteiger partial charge on any atom is 0.264 e. The fraction of sp³-hybridized carbons (Fsp3) is 0.667. The number of halogens is 1. The van der Waals surface area contributed by atoms with Gasteiger partial charge in [0.2, 0.25) is 0 Å². The lowest BCUT2D eigenvalue weighted by atomic mass is 9.97. The number of rotatable bonds is 4. The Balaban J connectivity index is 2.09. The molecule has 2 rings (SSSR count). The monoisotopic (exact) mass is 358 g/mol. The second kappa shape index (κ2) is 7.05. The highest BCUT2D eigenvalue weighted by molar-refractivity contribution is 9.11. The molecule has 20 heavy (non-hydrogen) atoms. The molecule has 3 nitrogen and oxygen atoms in total. The first-order chi connectivity index (χ1) is 9.49. The highest BCUT2D eigenvalue weighted by Crippen LogP contribution is 2.29. The quantitative estimate of drug-likeness (QED) is 0.890. The van der Waals surface area contributed by atoms with Crippen LogP contribution in [0.2, 0.25) is 0 Å². The first-order valence-electron chi connectivity index (χ1n) is 7.26. The molecular formula is C15H23BrN2OS. The number of thiophene rings is 1. The Morgan fingerprint density at radius 2 is 2.15 bits per heavy atom. The summed E-state index contributed by atoms with van der Waals surface area (Å²) in [7, 11) is 0. The summed E-state index contributed by atoms with van der Waals surface area (Å²) >= 11 is 5.05. The van der Waals surface area contributed by atoms with Crippen LogP contribution in [0.4, 0.5) is 0 Å². The summed E-state index contributed by atoms with van der Waals surface area (Å²) in [5.74, 6) is 0.810. The van der Waals surface area contributed by atoms with E-state index in [2.05, 4.69) is 35.1 Å². The third kappa shape index (κ3) is 3.83. The first kappa shape index (κ1) is 16.0. The summed E-state index contributed by atoms with van der Waals surface area (Å²) < 4.78 is 1.06. The fourth-order valence-electron chi connectivity index (χ4n) is 2.58. The van der Waals surface area contributed by atoms with E-state index < -0.39 is 0 Å². The van der Waals surface area contributed by atoms with Crippen LogP contribution in [0, 0.1) is 12.8 Å². The van der Waals surface area contributed by atoms with Crippen molar-refractivity contribution in [2.45, 2.75) is 39.7 Å². The predicted molar refractivity (Wildman–Crippen MR) is 88.5 cm³/mol. The van der Waals surface area contributed by atoms with Gasteiger partial charge < -0.3 is 10.2 Å². The molecule has 1 aromatic heterocycles. The van der Waals surface area contributed by atoms with E-state index in [1.807, 2.05) is 17.9 Å². The van der Waals surface area contributed by atoms with E-state index >= 15 is 0 Å². The van der Waals surface area contributed by atoms with Gasteiger partial charge in [-0.05, 0) is 80.2 Å². The van der Waals surface area contributed by atoms with E-state index in [9.17, 15) is 4.79 Å². The lowest BCUT2D eigenvalue weighted by molar-refractivity contribution is 0.0663. The molecule has 2 heterocycles. The van der Waals surface area contributed by atoms with Crippen LogP contribution in [0.3, 0.4) is 0 Å². The summed E-state index contributed by atoms with van der Waals surface area (Å²) in [4.78, 5) is 15.6. The summed E-state index contributed by atoms with van der Waals surface area (Å²) in [6, 6.07) is 2.24. The number of hydrogen-bond acceptors (Lipinski definition) is 3. The Morgan fingerprint density at radius 1 is 1.50 bits per heavy atom. The molecule has 112 valence electrons. The zero-order valence-corrected chi connectivity index (χ0v) is 14.8. The Bertz CT molecular complexity index is 447. The summed E-state index contributed by atoms with van der Waals surface area (Å²) in [6.07, 6.45) is 2.34. The van der Waals surface area contributed by atoms with Crippen molar-refractivity contribution in [2.75, 3.05) is 19.6 Å². The van der Waals surface area contributed by atoms with Crippen molar-refractivity contribution < 1.29 is 4.79 Å². The molecule has 0 aromatic carbocycles. The highest BCUT2D eigenvalue weighted by Gasteiger charge is 2.25. The van der Waals surface area contributed by atoms with Crippen LogP contribution in [0.15, 0.2) is 9.85 Å². The molecule has 5 heteroatoms. The van der Waals surface area contributed by atoms with Crippen molar-refractivity contribution in [3.8, 4) is 0 Å². The molecule has 0 bridgehead atoms. The van der Waals surface area contributed by atoms with Crippen LogP contribution < -0.4 is 5.32 Å². The molecule has 0 unspecified atom stereocenters. The second-order valence-electron chi connectivity index (χ2n) is 5.81. The summed E-state index contributed by atoms with van der Waals surface area (Å²) in [6.45, 7) is 9.28. The maximum atomic E-state index is 12.7. The van der Waals surface area contributed by atoms with Crippen LogP contribution in [0.5, 0.6) is 0 Å². The number of carbonyl (C=O) groups excluding carboxylic acids is 1. The maximum absolute atomic E-state index is 12.7. The van der Waals surface area contributed by atoms with Gasteiger partial charge >= 0.3 is 0 Å². The van der Waals surface area contributed by atoms with Gasteiger partial charge in [-0.3, -0.25) is 4.79 Å². The van der Waals surface area contributed by atoms with E-state index in [1.165, 1.54) is 12.8 Å².